The zero-order valence-electron chi connectivity index (χ0n) is 17.0. The van der Waals surface area contributed by atoms with Crippen LogP contribution in [0.3, 0.4) is 0 Å². The Labute approximate surface area is 184 Å². The number of aromatic nitrogens is 1. The zero-order valence-corrected chi connectivity index (χ0v) is 19.3. The Kier molecular flexibility index (Phi) is 9.24. The lowest BCUT2D eigenvalue weighted by Gasteiger charge is -2.24. The third-order valence-corrected chi connectivity index (χ3v) is 4.73. The first-order valence-electron chi connectivity index (χ1n) is 9.74. The van der Waals surface area contributed by atoms with Gasteiger partial charge in [0.25, 0.3) is 0 Å². The van der Waals surface area contributed by atoms with E-state index in [0.717, 1.165) is 56.4 Å². The van der Waals surface area contributed by atoms with Crippen LogP contribution in [0.5, 0.6) is 0 Å². The fourth-order valence-electron chi connectivity index (χ4n) is 3.20. The number of hydrogen-bond acceptors (Lipinski definition) is 4. The molecule has 1 aromatic heterocycles. The first kappa shape index (κ1) is 22.7. The second kappa shape index (κ2) is 11.4. The van der Waals surface area contributed by atoms with Gasteiger partial charge in [-0.3, -0.25) is 4.99 Å². The Bertz CT molecular complexity index is 739. The quantitative estimate of drug-likeness (QED) is 0.358. The number of guanidine groups is 1. The van der Waals surface area contributed by atoms with Crippen molar-refractivity contribution in [3.05, 3.63) is 41.8 Å². The van der Waals surface area contributed by atoms with Gasteiger partial charge in [0.1, 0.15) is 6.26 Å². The molecule has 6 nitrogen and oxygen atoms in total. The molecule has 0 radical (unpaired) electrons. The number of nitrogens with one attached hydrogen (secondary N) is 1. The summed E-state index contributed by atoms with van der Waals surface area (Å²) in [4.78, 5) is 11.5. The van der Waals surface area contributed by atoms with Crippen LogP contribution < -0.4 is 5.32 Å². The fourth-order valence-corrected chi connectivity index (χ4v) is 3.20. The molecule has 1 fully saturated rings. The molecule has 0 aliphatic carbocycles. The Morgan fingerprint density at radius 1 is 1.32 bits per heavy atom. The largest absolute Gasteiger partial charge is 0.444 e. The van der Waals surface area contributed by atoms with Crippen LogP contribution in [0.15, 0.2) is 39.9 Å². The first-order chi connectivity index (χ1) is 13.2. The zero-order chi connectivity index (χ0) is 19.1. The number of benzene rings is 1. The molecule has 28 heavy (non-hydrogen) atoms. The predicted octanol–water partition coefficient (Wildman–Crippen LogP) is 3.74. The minimum atomic E-state index is 0. The molecular weight excluding hydrogens is 467 g/mol. The molecule has 0 spiro atoms. The van der Waals surface area contributed by atoms with E-state index >= 15 is 0 Å². The van der Waals surface area contributed by atoms with Crippen molar-refractivity contribution < 1.29 is 9.15 Å². The van der Waals surface area contributed by atoms with Crippen molar-refractivity contribution >= 4 is 29.9 Å². The van der Waals surface area contributed by atoms with Crippen LogP contribution in [0.4, 0.5) is 0 Å². The summed E-state index contributed by atoms with van der Waals surface area (Å²) in [5.74, 6) is 2.19. The number of hydrogen-bond donors (Lipinski definition) is 1. The molecular formula is C21H31IN4O2. The van der Waals surface area contributed by atoms with Gasteiger partial charge in [0.05, 0.1) is 12.3 Å². The predicted molar refractivity (Wildman–Crippen MR) is 123 cm³/mol. The average molecular weight is 498 g/mol. The summed E-state index contributed by atoms with van der Waals surface area (Å²) in [5, 5.41) is 3.37. The third kappa shape index (κ3) is 6.48. The Morgan fingerprint density at radius 3 is 2.79 bits per heavy atom. The van der Waals surface area contributed by atoms with Crippen LogP contribution in [0.25, 0.3) is 11.5 Å². The minimum Gasteiger partial charge on any atom is -0.444 e. The summed E-state index contributed by atoms with van der Waals surface area (Å²) >= 11 is 0. The van der Waals surface area contributed by atoms with Gasteiger partial charge in [0, 0.05) is 51.2 Å². The fraction of sp³-hybridized carbons (Fsp3) is 0.524. The maximum absolute atomic E-state index is 5.63. The first-order valence-corrected chi connectivity index (χ1v) is 9.74. The Morgan fingerprint density at radius 2 is 2.11 bits per heavy atom. The molecule has 3 rings (SSSR count). The molecule has 1 aliphatic rings. The minimum absolute atomic E-state index is 0. The van der Waals surface area contributed by atoms with Crippen molar-refractivity contribution in [2.75, 3.05) is 39.9 Å². The molecule has 1 aliphatic heterocycles. The van der Waals surface area contributed by atoms with E-state index in [0.29, 0.717) is 18.4 Å². The van der Waals surface area contributed by atoms with Gasteiger partial charge in [-0.05, 0) is 32.4 Å². The van der Waals surface area contributed by atoms with Crippen molar-refractivity contribution in [2.24, 2.45) is 10.9 Å². The molecule has 0 saturated carbocycles. The second-order valence-electron chi connectivity index (χ2n) is 7.11. The van der Waals surface area contributed by atoms with Crippen LogP contribution >= 0.6 is 24.0 Å². The highest BCUT2D eigenvalue weighted by Crippen LogP contribution is 2.19. The monoisotopic (exact) mass is 498 g/mol. The van der Waals surface area contributed by atoms with Crippen LogP contribution in [0, 0.1) is 12.8 Å². The Hall–Kier alpha value is -1.61. The van der Waals surface area contributed by atoms with E-state index in [9.17, 15) is 0 Å². The lowest BCUT2D eigenvalue weighted by atomic mass is 10.1. The molecule has 1 aromatic carbocycles. The number of nitrogens with zero attached hydrogens (tertiary/aromatic N) is 3. The number of rotatable bonds is 7. The molecule has 1 unspecified atom stereocenters. The van der Waals surface area contributed by atoms with Crippen LogP contribution in [-0.4, -0.2) is 55.7 Å². The van der Waals surface area contributed by atoms with E-state index in [2.05, 4.69) is 48.2 Å². The summed E-state index contributed by atoms with van der Waals surface area (Å²) in [6.07, 6.45) is 3.62. The molecule has 7 heteroatoms. The second-order valence-corrected chi connectivity index (χ2v) is 7.11. The SMILES string of the molecule is CCNC(=NCCc1coc(-c2ccc(C)cc2)n1)N(C)CC1CCOC1.I. The van der Waals surface area contributed by atoms with E-state index in [1.165, 1.54) is 5.56 Å². The van der Waals surface area contributed by atoms with E-state index in [-0.39, 0.29) is 24.0 Å². The molecule has 1 N–H and O–H groups in total. The highest BCUT2D eigenvalue weighted by molar-refractivity contribution is 14.0. The summed E-state index contributed by atoms with van der Waals surface area (Å²) in [7, 11) is 2.09. The summed E-state index contributed by atoms with van der Waals surface area (Å²) in [5.41, 5.74) is 3.16. The van der Waals surface area contributed by atoms with Crippen molar-refractivity contribution in [3.63, 3.8) is 0 Å². The van der Waals surface area contributed by atoms with E-state index in [1.807, 2.05) is 12.1 Å². The van der Waals surface area contributed by atoms with Crippen molar-refractivity contribution in [3.8, 4) is 11.5 Å². The van der Waals surface area contributed by atoms with E-state index in [1.54, 1.807) is 6.26 Å². The van der Waals surface area contributed by atoms with Gasteiger partial charge in [-0.25, -0.2) is 4.98 Å². The van der Waals surface area contributed by atoms with Crippen LogP contribution in [0.1, 0.15) is 24.6 Å². The van der Waals surface area contributed by atoms with Gasteiger partial charge in [0.15, 0.2) is 5.96 Å². The topological polar surface area (TPSA) is 62.9 Å². The van der Waals surface area contributed by atoms with Crippen molar-refractivity contribution in [1.29, 1.82) is 0 Å². The molecule has 2 aromatic rings. The normalized spacial score (nSPS) is 16.7. The summed E-state index contributed by atoms with van der Waals surface area (Å²) in [6, 6.07) is 8.21. The average Bonchev–Trinajstić information content (AvgIpc) is 3.34. The molecule has 154 valence electrons. The number of aryl methyl sites for hydroxylation is 1. The summed E-state index contributed by atoms with van der Waals surface area (Å²) in [6.45, 7) is 8.38. The van der Waals surface area contributed by atoms with Gasteiger partial charge in [-0.15, -0.1) is 24.0 Å². The molecule has 1 saturated heterocycles. The molecule has 0 bridgehead atoms. The highest BCUT2D eigenvalue weighted by atomic mass is 127. The van der Waals surface area contributed by atoms with E-state index < -0.39 is 0 Å². The van der Waals surface area contributed by atoms with Gasteiger partial charge >= 0.3 is 0 Å². The highest BCUT2D eigenvalue weighted by Gasteiger charge is 2.19. The maximum Gasteiger partial charge on any atom is 0.226 e. The van der Waals surface area contributed by atoms with Gasteiger partial charge in [0.2, 0.25) is 5.89 Å². The lowest BCUT2D eigenvalue weighted by molar-refractivity contribution is 0.181. The number of aliphatic imine (C=N–C) groups is 1. The number of ether oxygens (including phenoxy) is 1. The maximum atomic E-state index is 5.63. The summed E-state index contributed by atoms with van der Waals surface area (Å²) < 4.78 is 11.1. The van der Waals surface area contributed by atoms with E-state index in [4.69, 9.17) is 14.1 Å². The molecule has 0 amide bonds. The van der Waals surface area contributed by atoms with Crippen molar-refractivity contribution in [2.45, 2.75) is 26.7 Å². The van der Waals surface area contributed by atoms with Crippen molar-refractivity contribution in [1.82, 2.24) is 15.2 Å². The van der Waals surface area contributed by atoms with Gasteiger partial charge in [-0.1, -0.05) is 17.7 Å². The van der Waals surface area contributed by atoms with Gasteiger partial charge in [-0.2, -0.15) is 0 Å². The van der Waals surface area contributed by atoms with Crippen LogP contribution in [0.2, 0.25) is 0 Å². The third-order valence-electron chi connectivity index (χ3n) is 4.73. The lowest BCUT2D eigenvalue weighted by Crippen LogP contribution is -2.41. The number of oxazole rings is 1. The number of halogens is 1. The van der Waals surface area contributed by atoms with Gasteiger partial charge < -0.3 is 19.4 Å². The van der Waals surface area contributed by atoms with Crippen LogP contribution in [-0.2, 0) is 11.2 Å². The standard InChI is InChI=1S/C21H30N4O2.HI/c1-4-22-21(25(3)13-17-10-12-26-14-17)23-11-9-19-15-27-20(24-19)18-7-5-16(2)6-8-18;/h5-8,15,17H,4,9-14H2,1-3H3,(H,22,23);1H. The molecule has 2 heterocycles. The smallest absolute Gasteiger partial charge is 0.226 e. The Balaban J connectivity index is 0.00000280. The molecule has 1 atom stereocenters.